The van der Waals surface area contributed by atoms with E-state index in [0.29, 0.717) is 11.1 Å². The van der Waals surface area contributed by atoms with Crippen molar-refractivity contribution in [2.24, 2.45) is 0 Å². The molecule has 3 unspecified atom stereocenters. The molecule has 19 heavy (non-hydrogen) atoms. The van der Waals surface area contributed by atoms with Gasteiger partial charge in [0.1, 0.15) is 0 Å². The Labute approximate surface area is 123 Å². The van der Waals surface area contributed by atoms with Crippen LogP contribution in [0.3, 0.4) is 0 Å². The van der Waals surface area contributed by atoms with Crippen molar-refractivity contribution in [1.82, 2.24) is 5.32 Å². The Balaban J connectivity index is 2.10. The van der Waals surface area contributed by atoms with Gasteiger partial charge in [-0.15, -0.1) is 0 Å². The van der Waals surface area contributed by atoms with Crippen LogP contribution in [0.2, 0.25) is 5.02 Å². The minimum atomic E-state index is -0.961. The van der Waals surface area contributed by atoms with Gasteiger partial charge in [0.25, 0.3) is 0 Å². The summed E-state index contributed by atoms with van der Waals surface area (Å²) in [6, 6.07) is 7.85. The summed E-state index contributed by atoms with van der Waals surface area (Å²) in [4.78, 5) is 0.864. The van der Waals surface area contributed by atoms with Crippen LogP contribution in [0.4, 0.5) is 0 Å². The quantitative estimate of drug-likeness (QED) is 0.897. The molecule has 4 heteroatoms. The largest absolute Gasteiger partial charge is 0.313 e. The molecule has 1 saturated carbocycles. The summed E-state index contributed by atoms with van der Waals surface area (Å²) in [7, 11) is -0.961. The van der Waals surface area contributed by atoms with Crippen LogP contribution in [0.15, 0.2) is 29.2 Å². The van der Waals surface area contributed by atoms with Crippen LogP contribution < -0.4 is 5.32 Å². The number of hydrogen-bond donors (Lipinski definition) is 1. The standard InChI is InChI=1S/C15H22ClNOS/c1-2-10-17-14-8-3-4-9-15(14)19(18)13-7-5-6-12(16)11-13/h5-7,11,14-15,17H,2-4,8-10H2,1H3. The van der Waals surface area contributed by atoms with E-state index in [0.717, 1.165) is 30.7 Å². The van der Waals surface area contributed by atoms with Crippen LogP contribution in [0, 0.1) is 0 Å². The first-order valence-corrected chi connectivity index (χ1v) is 8.71. The highest BCUT2D eigenvalue weighted by Crippen LogP contribution is 2.27. The van der Waals surface area contributed by atoms with E-state index in [1.165, 1.54) is 12.8 Å². The van der Waals surface area contributed by atoms with Gasteiger partial charge in [-0.25, -0.2) is 0 Å². The summed E-state index contributed by atoms with van der Waals surface area (Å²) in [6.45, 7) is 3.17. The number of benzene rings is 1. The van der Waals surface area contributed by atoms with E-state index in [2.05, 4.69) is 12.2 Å². The first kappa shape index (κ1) is 15.0. The van der Waals surface area contributed by atoms with Crippen molar-refractivity contribution in [3.63, 3.8) is 0 Å². The van der Waals surface area contributed by atoms with E-state index in [1.807, 2.05) is 24.3 Å². The lowest BCUT2D eigenvalue weighted by atomic mass is 9.95. The van der Waals surface area contributed by atoms with Crippen molar-refractivity contribution in [2.75, 3.05) is 6.54 Å². The van der Waals surface area contributed by atoms with Crippen LogP contribution in [0.1, 0.15) is 39.0 Å². The summed E-state index contributed by atoms with van der Waals surface area (Å²) in [5.74, 6) is 0. The number of nitrogens with one attached hydrogen (secondary N) is 1. The third-order valence-electron chi connectivity index (χ3n) is 3.66. The van der Waals surface area contributed by atoms with Crippen LogP contribution in [-0.4, -0.2) is 22.0 Å². The average Bonchev–Trinajstić information content (AvgIpc) is 2.44. The summed E-state index contributed by atoms with van der Waals surface area (Å²) in [6.07, 6.45) is 5.72. The predicted octanol–water partition coefficient (Wildman–Crippen LogP) is 3.76. The van der Waals surface area contributed by atoms with Gasteiger partial charge in [-0.05, 0) is 44.0 Å². The molecule has 0 saturated heterocycles. The molecule has 1 N–H and O–H groups in total. The Bertz CT molecular complexity index is 438. The van der Waals surface area contributed by atoms with E-state index in [4.69, 9.17) is 11.6 Å². The molecule has 1 aromatic rings. The zero-order chi connectivity index (χ0) is 13.7. The molecule has 2 rings (SSSR count). The van der Waals surface area contributed by atoms with Crippen molar-refractivity contribution in [2.45, 2.75) is 55.2 Å². The highest BCUT2D eigenvalue weighted by Gasteiger charge is 2.30. The maximum Gasteiger partial charge on any atom is 0.0577 e. The highest BCUT2D eigenvalue weighted by molar-refractivity contribution is 7.85. The fourth-order valence-electron chi connectivity index (χ4n) is 2.68. The molecule has 1 aliphatic carbocycles. The first-order valence-electron chi connectivity index (χ1n) is 7.12. The van der Waals surface area contributed by atoms with Crippen LogP contribution in [0.25, 0.3) is 0 Å². The topological polar surface area (TPSA) is 29.1 Å². The van der Waals surface area contributed by atoms with Gasteiger partial charge in [0, 0.05) is 16.0 Å². The maximum atomic E-state index is 12.7. The van der Waals surface area contributed by atoms with Crippen molar-refractivity contribution in [1.29, 1.82) is 0 Å². The molecule has 0 aromatic heterocycles. The molecular weight excluding hydrogens is 278 g/mol. The van der Waals surface area contributed by atoms with Crippen LogP contribution in [-0.2, 0) is 10.8 Å². The average molecular weight is 300 g/mol. The van der Waals surface area contributed by atoms with E-state index < -0.39 is 10.8 Å². The summed E-state index contributed by atoms with van der Waals surface area (Å²) >= 11 is 6.00. The van der Waals surface area contributed by atoms with E-state index in [1.54, 1.807) is 0 Å². The van der Waals surface area contributed by atoms with Crippen molar-refractivity contribution < 1.29 is 4.21 Å². The molecule has 0 aliphatic heterocycles. The summed E-state index contributed by atoms with van der Waals surface area (Å²) in [5, 5.41) is 4.45. The highest BCUT2D eigenvalue weighted by atomic mass is 35.5. The van der Waals surface area contributed by atoms with Crippen molar-refractivity contribution in [3.8, 4) is 0 Å². The Hall–Kier alpha value is -0.380. The van der Waals surface area contributed by atoms with Gasteiger partial charge in [-0.2, -0.15) is 0 Å². The van der Waals surface area contributed by atoms with E-state index in [-0.39, 0.29) is 5.25 Å². The van der Waals surface area contributed by atoms with Gasteiger partial charge in [0.05, 0.1) is 16.0 Å². The second-order valence-corrected chi connectivity index (χ2v) is 7.25. The van der Waals surface area contributed by atoms with Gasteiger partial charge in [0.2, 0.25) is 0 Å². The third kappa shape index (κ3) is 4.04. The molecule has 0 spiro atoms. The van der Waals surface area contributed by atoms with Gasteiger partial charge in [-0.3, -0.25) is 4.21 Å². The fourth-order valence-corrected chi connectivity index (χ4v) is 4.66. The third-order valence-corrected chi connectivity index (χ3v) is 5.73. The second-order valence-electron chi connectivity index (χ2n) is 5.14. The predicted molar refractivity (Wildman–Crippen MR) is 82.2 cm³/mol. The Morgan fingerprint density at radius 1 is 1.37 bits per heavy atom. The molecule has 0 amide bonds. The number of halogens is 1. The van der Waals surface area contributed by atoms with Crippen LogP contribution in [0.5, 0.6) is 0 Å². The van der Waals surface area contributed by atoms with Gasteiger partial charge in [-0.1, -0.05) is 37.4 Å². The smallest absolute Gasteiger partial charge is 0.0577 e. The van der Waals surface area contributed by atoms with Crippen molar-refractivity contribution in [3.05, 3.63) is 29.3 Å². The Morgan fingerprint density at radius 3 is 2.89 bits per heavy atom. The second kappa shape index (κ2) is 7.41. The zero-order valence-corrected chi connectivity index (χ0v) is 13.0. The Morgan fingerprint density at radius 2 is 2.16 bits per heavy atom. The van der Waals surface area contributed by atoms with Gasteiger partial charge in [0.15, 0.2) is 0 Å². The van der Waals surface area contributed by atoms with Crippen LogP contribution >= 0.6 is 11.6 Å². The molecule has 1 aromatic carbocycles. The normalized spacial score (nSPS) is 25.2. The first-order chi connectivity index (χ1) is 9.22. The maximum absolute atomic E-state index is 12.7. The van der Waals surface area contributed by atoms with E-state index >= 15 is 0 Å². The molecule has 0 radical (unpaired) electrons. The molecule has 3 atom stereocenters. The van der Waals surface area contributed by atoms with E-state index in [9.17, 15) is 4.21 Å². The summed E-state index contributed by atoms with van der Waals surface area (Å²) < 4.78 is 12.7. The fraction of sp³-hybridized carbons (Fsp3) is 0.600. The zero-order valence-electron chi connectivity index (χ0n) is 11.4. The monoisotopic (exact) mass is 299 g/mol. The minimum Gasteiger partial charge on any atom is -0.313 e. The lowest BCUT2D eigenvalue weighted by molar-refractivity contribution is 0.379. The number of rotatable bonds is 5. The molecule has 0 heterocycles. The molecule has 1 aliphatic rings. The molecule has 2 nitrogen and oxygen atoms in total. The molecule has 106 valence electrons. The lowest BCUT2D eigenvalue weighted by Gasteiger charge is -2.31. The van der Waals surface area contributed by atoms with Gasteiger partial charge < -0.3 is 5.32 Å². The minimum absolute atomic E-state index is 0.221. The SMILES string of the molecule is CCCNC1CCCCC1S(=O)c1cccc(Cl)c1. The lowest BCUT2D eigenvalue weighted by Crippen LogP contribution is -2.44. The Kier molecular flexibility index (Phi) is 5.86. The van der Waals surface area contributed by atoms with Crippen molar-refractivity contribution >= 4 is 22.4 Å². The van der Waals surface area contributed by atoms with Gasteiger partial charge >= 0.3 is 0 Å². The molecule has 0 bridgehead atoms. The summed E-state index contributed by atoms with van der Waals surface area (Å²) in [5.41, 5.74) is 0. The molecular formula is C15H22ClNOS. The number of hydrogen-bond acceptors (Lipinski definition) is 2. The molecule has 1 fully saturated rings.